The molecule has 26 heavy (non-hydrogen) atoms. The van der Waals surface area contributed by atoms with Gasteiger partial charge >= 0.3 is 0 Å². The molecule has 2 aromatic heterocycles. The molecule has 3 heterocycles. The molecule has 0 spiro atoms. The molecule has 1 saturated heterocycles. The van der Waals surface area contributed by atoms with Crippen LogP contribution in [0.2, 0.25) is 0 Å². The lowest BCUT2D eigenvalue weighted by Gasteiger charge is -2.33. The summed E-state index contributed by atoms with van der Waals surface area (Å²) in [6.07, 6.45) is 7.41. The first-order chi connectivity index (χ1) is 12.8. The Balaban J connectivity index is 1.36. The highest BCUT2D eigenvalue weighted by molar-refractivity contribution is 5.80. The Kier molecular flexibility index (Phi) is 6.64. The summed E-state index contributed by atoms with van der Waals surface area (Å²) in [7, 11) is 1.79. The minimum Gasteiger partial charge on any atom is -0.490 e. The number of nitrogens with one attached hydrogen (secondary N) is 2. The number of aliphatic imine (C=N–C) groups is 1. The van der Waals surface area contributed by atoms with E-state index in [4.69, 9.17) is 4.74 Å². The molecule has 0 atom stereocenters. The van der Waals surface area contributed by atoms with Gasteiger partial charge in [0, 0.05) is 38.6 Å². The number of guanidine groups is 1. The molecular weight excluding hydrogens is 328 g/mol. The molecule has 0 aromatic carbocycles. The number of anilines is 1. The fourth-order valence-electron chi connectivity index (χ4n) is 2.95. The second-order valence-corrected chi connectivity index (χ2v) is 6.13. The first-order valence-corrected chi connectivity index (χ1v) is 9.01. The Morgan fingerprint density at radius 2 is 2.12 bits per heavy atom. The van der Waals surface area contributed by atoms with Crippen LogP contribution < -0.4 is 20.3 Å². The molecule has 0 radical (unpaired) electrons. The summed E-state index contributed by atoms with van der Waals surface area (Å²) in [5.74, 6) is 2.65. The third-order valence-corrected chi connectivity index (χ3v) is 4.33. The fourth-order valence-corrected chi connectivity index (χ4v) is 2.95. The van der Waals surface area contributed by atoms with Crippen molar-refractivity contribution in [2.24, 2.45) is 4.99 Å². The maximum absolute atomic E-state index is 5.63. The van der Waals surface area contributed by atoms with E-state index >= 15 is 0 Å². The van der Waals surface area contributed by atoms with Crippen LogP contribution >= 0.6 is 0 Å². The van der Waals surface area contributed by atoms with Crippen LogP contribution in [0.5, 0.6) is 5.75 Å². The average molecular weight is 354 g/mol. The van der Waals surface area contributed by atoms with Crippen molar-refractivity contribution < 1.29 is 4.74 Å². The topological polar surface area (TPSA) is 74.7 Å². The van der Waals surface area contributed by atoms with Gasteiger partial charge < -0.3 is 20.3 Å². The summed E-state index contributed by atoms with van der Waals surface area (Å²) in [6.45, 7) is 3.23. The third-order valence-electron chi connectivity index (χ3n) is 4.33. The molecule has 1 aliphatic heterocycles. The molecule has 0 amide bonds. The SMILES string of the molecule is CN=C(NCCOc1cccnc1)NC1CCN(c2ccccn2)CC1. The van der Waals surface area contributed by atoms with Gasteiger partial charge in [-0.15, -0.1) is 0 Å². The highest BCUT2D eigenvalue weighted by Gasteiger charge is 2.20. The van der Waals surface area contributed by atoms with E-state index in [1.54, 1.807) is 19.4 Å². The third kappa shape index (κ3) is 5.34. The van der Waals surface area contributed by atoms with Crippen LogP contribution in [0.25, 0.3) is 0 Å². The molecule has 2 N–H and O–H groups in total. The van der Waals surface area contributed by atoms with Gasteiger partial charge in [-0.2, -0.15) is 0 Å². The van der Waals surface area contributed by atoms with E-state index < -0.39 is 0 Å². The lowest BCUT2D eigenvalue weighted by molar-refractivity contribution is 0.320. The van der Waals surface area contributed by atoms with Crippen LogP contribution in [0.15, 0.2) is 53.9 Å². The van der Waals surface area contributed by atoms with Gasteiger partial charge in [0.1, 0.15) is 18.2 Å². The summed E-state index contributed by atoms with van der Waals surface area (Å²) in [5, 5.41) is 6.80. The molecule has 7 heteroatoms. The van der Waals surface area contributed by atoms with Crippen molar-refractivity contribution in [2.75, 3.05) is 38.2 Å². The van der Waals surface area contributed by atoms with Gasteiger partial charge in [-0.3, -0.25) is 9.98 Å². The van der Waals surface area contributed by atoms with Crippen LogP contribution in [0, 0.1) is 0 Å². The van der Waals surface area contributed by atoms with E-state index in [-0.39, 0.29) is 0 Å². The maximum Gasteiger partial charge on any atom is 0.191 e. The zero-order chi connectivity index (χ0) is 18.0. The van der Waals surface area contributed by atoms with E-state index in [0.29, 0.717) is 19.2 Å². The summed E-state index contributed by atoms with van der Waals surface area (Å²) >= 11 is 0. The molecule has 1 fully saturated rings. The summed E-state index contributed by atoms with van der Waals surface area (Å²) in [5.41, 5.74) is 0. The number of piperidine rings is 1. The van der Waals surface area contributed by atoms with Crippen molar-refractivity contribution in [1.29, 1.82) is 0 Å². The first-order valence-electron chi connectivity index (χ1n) is 9.01. The molecule has 0 aliphatic carbocycles. The number of ether oxygens (including phenoxy) is 1. The van der Waals surface area contributed by atoms with Crippen molar-refractivity contribution in [1.82, 2.24) is 20.6 Å². The Morgan fingerprint density at radius 3 is 2.81 bits per heavy atom. The minimum atomic E-state index is 0.417. The van der Waals surface area contributed by atoms with Crippen molar-refractivity contribution in [3.63, 3.8) is 0 Å². The molecule has 0 unspecified atom stereocenters. The number of rotatable bonds is 6. The summed E-state index contributed by atoms with van der Waals surface area (Å²) in [6, 6.07) is 10.2. The Morgan fingerprint density at radius 1 is 1.23 bits per heavy atom. The highest BCUT2D eigenvalue weighted by Crippen LogP contribution is 2.17. The van der Waals surface area contributed by atoms with Crippen LogP contribution in [0.4, 0.5) is 5.82 Å². The molecule has 7 nitrogen and oxygen atoms in total. The lowest BCUT2D eigenvalue weighted by Crippen LogP contribution is -2.49. The van der Waals surface area contributed by atoms with Crippen molar-refractivity contribution in [2.45, 2.75) is 18.9 Å². The fraction of sp³-hybridized carbons (Fsp3) is 0.421. The molecule has 0 bridgehead atoms. The van der Waals surface area contributed by atoms with Gasteiger partial charge in [0.15, 0.2) is 5.96 Å². The standard InChI is InChI=1S/C19H26N6O/c1-20-19(23-11-14-26-17-5-4-9-21-15-17)24-16-7-12-25(13-8-16)18-6-2-3-10-22-18/h2-6,9-10,15-16H,7-8,11-14H2,1H3,(H2,20,23,24). The predicted octanol–water partition coefficient (Wildman–Crippen LogP) is 1.69. The first kappa shape index (κ1) is 18.0. The summed E-state index contributed by atoms with van der Waals surface area (Å²) in [4.78, 5) is 15.1. The number of hydrogen-bond donors (Lipinski definition) is 2. The van der Waals surface area contributed by atoms with Gasteiger partial charge in [0.25, 0.3) is 0 Å². The zero-order valence-corrected chi connectivity index (χ0v) is 15.1. The van der Waals surface area contributed by atoms with E-state index in [0.717, 1.165) is 43.5 Å². The quantitative estimate of drug-likeness (QED) is 0.467. The van der Waals surface area contributed by atoms with Crippen molar-refractivity contribution >= 4 is 11.8 Å². The molecule has 138 valence electrons. The van der Waals surface area contributed by atoms with Crippen LogP contribution in [0.1, 0.15) is 12.8 Å². The van der Waals surface area contributed by atoms with Crippen molar-refractivity contribution in [3.8, 4) is 5.75 Å². The van der Waals surface area contributed by atoms with Gasteiger partial charge in [-0.1, -0.05) is 6.07 Å². The highest BCUT2D eigenvalue weighted by atomic mass is 16.5. The monoisotopic (exact) mass is 354 g/mol. The lowest BCUT2D eigenvalue weighted by atomic mass is 10.1. The molecule has 0 saturated carbocycles. The number of nitrogens with zero attached hydrogens (tertiary/aromatic N) is 4. The van der Waals surface area contributed by atoms with E-state index in [1.807, 2.05) is 30.5 Å². The molecule has 1 aliphatic rings. The van der Waals surface area contributed by atoms with Gasteiger partial charge in [0.05, 0.1) is 12.7 Å². The smallest absolute Gasteiger partial charge is 0.191 e. The van der Waals surface area contributed by atoms with Crippen LogP contribution in [-0.4, -0.2) is 55.3 Å². The predicted molar refractivity (Wildman–Crippen MR) is 104 cm³/mol. The zero-order valence-electron chi connectivity index (χ0n) is 15.1. The van der Waals surface area contributed by atoms with Gasteiger partial charge in [-0.05, 0) is 37.1 Å². The number of pyridine rings is 2. The van der Waals surface area contributed by atoms with Crippen LogP contribution in [-0.2, 0) is 0 Å². The maximum atomic E-state index is 5.63. The number of aromatic nitrogens is 2. The van der Waals surface area contributed by atoms with E-state index in [1.165, 1.54) is 0 Å². The van der Waals surface area contributed by atoms with E-state index in [9.17, 15) is 0 Å². The Bertz CT molecular complexity index is 671. The Hall–Kier alpha value is -2.83. The average Bonchev–Trinajstić information content (AvgIpc) is 2.72. The minimum absolute atomic E-state index is 0.417. The van der Waals surface area contributed by atoms with E-state index in [2.05, 4.69) is 36.6 Å². The summed E-state index contributed by atoms with van der Waals surface area (Å²) < 4.78 is 5.63. The normalized spacial score (nSPS) is 15.6. The second kappa shape index (κ2) is 9.60. The molecule has 2 aromatic rings. The van der Waals surface area contributed by atoms with Gasteiger partial charge in [0.2, 0.25) is 0 Å². The second-order valence-electron chi connectivity index (χ2n) is 6.13. The molecular formula is C19H26N6O. The van der Waals surface area contributed by atoms with Crippen molar-refractivity contribution in [3.05, 3.63) is 48.9 Å². The number of hydrogen-bond acceptors (Lipinski definition) is 5. The van der Waals surface area contributed by atoms with Gasteiger partial charge in [-0.25, -0.2) is 4.98 Å². The molecule has 3 rings (SSSR count). The Labute approximate surface area is 154 Å². The largest absolute Gasteiger partial charge is 0.490 e. The van der Waals surface area contributed by atoms with Crippen LogP contribution in [0.3, 0.4) is 0 Å².